The van der Waals surface area contributed by atoms with E-state index in [2.05, 4.69) is 11.9 Å². The molecule has 7 nitrogen and oxygen atoms in total. The van der Waals surface area contributed by atoms with E-state index >= 15 is 0 Å². The zero-order chi connectivity index (χ0) is 24.0. The van der Waals surface area contributed by atoms with Crippen molar-refractivity contribution in [2.75, 3.05) is 33.3 Å². The van der Waals surface area contributed by atoms with Crippen LogP contribution in [-0.2, 0) is 14.3 Å². The number of ketones is 1. The number of rotatable bonds is 5. The van der Waals surface area contributed by atoms with Crippen LogP contribution < -0.4 is 5.73 Å². The number of carbonyl (C=O) groups is 3. The highest BCUT2D eigenvalue weighted by Gasteiger charge is 2.54. The second-order valence-corrected chi connectivity index (χ2v) is 10.5. The topological polar surface area (TPSA) is 92.9 Å². The van der Waals surface area contributed by atoms with E-state index in [1.54, 1.807) is 6.07 Å². The van der Waals surface area contributed by atoms with Gasteiger partial charge in [-0.1, -0.05) is 25.0 Å². The van der Waals surface area contributed by atoms with Crippen LogP contribution in [0.15, 0.2) is 18.2 Å². The molecule has 0 radical (unpaired) electrons. The number of hydrogen-bond acceptors (Lipinski definition) is 5. The first-order valence-electron chi connectivity index (χ1n) is 12.6. The first kappa shape index (κ1) is 23.4. The molecule has 4 atom stereocenters. The summed E-state index contributed by atoms with van der Waals surface area (Å²) >= 11 is 0. The van der Waals surface area contributed by atoms with Gasteiger partial charge >= 0.3 is 0 Å². The quantitative estimate of drug-likeness (QED) is 0.712. The molecule has 0 aromatic heterocycles. The molecule has 34 heavy (non-hydrogen) atoms. The van der Waals surface area contributed by atoms with Gasteiger partial charge in [-0.2, -0.15) is 0 Å². The molecule has 1 aromatic carbocycles. The average molecular weight is 472 g/mol. The summed E-state index contributed by atoms with van der Waals surface area (Å²) in [4.78, 5) is 42.7. The van der Waals surface area contributed by atoms with E-state index in [9.17, 15) is 18.8 Å². The fourth-order valence-electron chi connectivity index (χ4n) is 6.54. The lowest BCUT2D eigenvalue weighted by atomic mass is 9.78. The lowest BCUT2D eigenvalue weighted by Gasteiger charge is -2.33. The zero-order valence-electron chi connectivity index (χ0n) is 19.7. The molecule has 8 heteroatoms. The first-order valence-corrected chi connectivity index (χ1v) is 12.6. The Labute approximate surface area is 199 Å². The highest BCUT2D eigenvalue weighted by Crippen LogP contribution is 2.43. The summed E-state index contributed by atoms with van der Waals surface area (Å²) in [6.07, 6.45) is 3.49. The van der Waals surface area contributed by atoms with Crippen LogP contribution in [0.5, 0.6) is 0 Å². The van der Waals surface area contributed by atoms with Crippen LogP contribution in [0.25, 0.3) is 0 Å². The number of fused-ring (bicyclic) bond motifs is 1. The minimum absolute atomic E-state index is 0.0351. The van der Waals surface area contributed by atoms with Crippen molar-refractivity contribution < 1.29 is 23.5 Å². The smallest absolute Gasteiger partial charge is 0.249 e. The molecule has 3 saturated heterocycles. The molecule has 4 fully saturated rings. The number of nitrogens with two attached hydrogens (primary N) is 1. The lowest BCUT2D eigenvalue weighted by molar-refractivity contribution is -0.138. The van der Waals surface area contributed by atoms with Crippen molar-refractivity contribution in [3.05, 3.63) is 34.9 Å². The number of halogens is 1. The number of alkyl halides is 1. The van der Waals surface area contributed by atoms with Crippen LogP contribution in [0.2, 0.25) is 0 Å². The number of piperidine rings is 1. The van der Waals surface area contributed by atoms with Crippen LogP contribution in [0, 0.1) is 5.92 Å². The Morgan fingerprint density at radius 2 is 1.85 bits per heavy atom. The number of nitrogens with zero attached hydrogens (tertiary/aromatic N) is 2. The number of amides is 2. The molecule has 0 spiro atoms. The van der Waals surface area contributed by atoms with Crippen molar-refractivity contribution in [2.45, 2.75) is 68.7 Å². The van der Waals surface area contributed by atoms with Crippen LogP contribution in [0.4, 0.5) is 4.39 Å². The van der Waals surface area contributed by atoms with E-state index in [0.717, 1.165) is 57.2 Å². The van der Waals surface area contributed by atoms with Gasteiger partial charge in [-0.05, 0) is 74.8 Å². The molecule has 184 valence electrons. The van der Waals surface area contributed by atoms with E-state index < -0.39 is 30.1 Å². The minimum atomic E-state index is -1.38. The Morgan fingerprint density at radius 3 is 2.53 bits per heavy atom. The zero-order valence-corrected chi connectivity index (χ0v) is 19.7. The summed E-state index contributed by atoms with van der Waals surface area (Å²) in [5.41, 5.74) is 7.89. The molecule has 1 saturated carbocycles. The Kier molecular flexibility index (Phi) is 6.46. The largest absolute Gasteiger partial charge is 0.366 e. The molecule has 1 aromatic rings. The summed E-state index contributed by atoms with van der Waals surface area (Å²) in [7, 11) is 2.11. The molecule has 0 unspecified atom stereocenters. The second-order valence-electron chi connectivity index (χ2n) is 10.5. The Bertz CT molecular complexity index is 971. The van der Waals surface area contributed by atoms with Crippen molar-refractivity contribution in [2.24, 2.45) is 11.7 Å². The van der Waals surface area contributed by atoms with Crippen molar-refractivity contribution >= 4 is 17.6 Å². The van der Waals surface area contributed by atoms with Crippen LogP contribution in [0.1, 0.15) is 71.8 Å². The van der Waals surface area contributed by atoms with Gasteiger partial charge in [0.15, 0.2) is 5.78 Å². The van der Waals surface area contributed by atoms with Gasteiger partial charge in [0.05, 0.1) is 12.5 Å². The summed E-state index contributed by atoms with van der Waals surface area (Å²) in [6.45, 7) is 1.69. The Balaban J connectivity index is 1.54. The molecular weight excluding hydrogens is 437 g/mol. The highest BCUT2D eigenvalue weighted by atomic mass is 19.1. The van der Waals surface area contributed by atoms with Gasteiger partial charge in [0.25, 0.3) is 0 Å². The monoisotopic (exact) mass is 471 g/mol. The second kappa shape index (κ2) is 9.38. The van der Waals surface area contributed by atoms with E-state index in [1.165, 1.54) is 4.90 Å². The summed E-state index contributed by atoms with van der Waals surface area (Å²) in [6, 6.07) is 4.85. The molecule has 4 aliphatic rings. The number of likely N-dealkylation sites (tertiary alicyclic amines) is 2. The lowest BCUT2D eigenvalue weighted by Crippen LogP contribution is -2.45. The molecule has 3 aliphatic heterocycles. The maximum absolute atomic E-state index is 14.7. The molecule has 2 N–H and O–H groups in total. The SMILES string of the molecule is CN1CCC(c2ccc(C(N)=O)c([C@@H](C(=O)N3C[C@H](F)[C@H]4OCC(=O)[C@H]43)C3CCCC3)c2)CC1. The molecule has 1 aliphatic carbocycles. The number of carbonyl (C=O) groups excluding carboxylic acids is 3. The number of benzene rings is 1. The molecular formula is C26H34FN3O4. The van der Waals surface area contributed by atoms with Crippen molar-refractivity contribution in [1.82, 2.24) is 9.80 Å². The highest BCUT2D eigenvalue weighted by molar-refractivity contribution is 5.99. The van der Waals surface area contributed by atoms with Gasteiger partial charge in [-0.25, -0.2) is 4.39 Å². The molecule has 0 bridgehead atoms. The number of primary amides is 1. The number of Topliss-reactive ketones (excluding diaryl/α,β-unsaturated/α-hetero) is 1. The van der Waals surface area contributed by atoms with E-state index in [-0.39, 0.29) is 30.8 Å². The third kappa shape index (κ3) is 4.15. The predicted octanol–water partition coefficient (Wildman–Crippen LogP) is 2.39. The van der Waals surface area contributed by atoms with Crippen molar-refractivity contribution in [3.8, 4) is 0 Å². The van der Waals surface area contributed by atoms with Crippen molar-refractivity contribution in [3.63, 3.8) is 0 Å². The maximum atomic E-state index is 14.7. The van der Waals surface area contributed by atoms with Crippen LogP contribution in [-0.4, -0.2) is 79.0 Å². The summed E-state index contributed by atoms with van der Waals surface area (Å²) < 4.78 is 20.1. The molecule has 2 amide bonds. The van der Waals surface area contributed by atoms with Crippen LogP contribution in [0.3, 0.4) is 0 Å². The fourth-order valence-corrected chi connectivity index (χ4v) is 6.54. The maximum Gasteiger partial charge on any atom is 0.249 e. The van der Waals surface area contributed by atoms with E-state index in [0.29, 0.717) is 17.0 Å². The molecule has 3 heterocycles. The third-order valence-electron chi connectivity index (χ3n) is 8.41. The standard InChI is InChI=1S/C26H34FN3O4/c1-29-10-8-15(9-11-29)17-6-7-18(25(28)32)19(12-17)22(16-4-2-3-5-16)26(33)30-13-20(27)24-23(30)21(31)14-34-24/h6-7,12,15-16,20,22-24H,2-5,8-11,13-14H2,1H3,(H2,28,32)/t20-,22-,23+,24+/m0/s1. The van der Waals surface area contributed by atoms with Crippen LogP contribution >= 0.6 is 0 Å². The van der Waals surface area contributed by atoms with Crippen molar-refractivity contribution in [1.29, 1.82) is 0 Å². The van der Waals surface area contributed by atoms with E-state index in [1.807, 2.05) is 12.1 Å². The average Bonchev–Trinajstić information content (AvgIpc) is 3.55. The van der Waals surface area contributed by atoms with Gasteiger partial charge in [0, 0.05) is 5.56 Å². The Morgan fingerprint density at radius 1 is 1.15 bits per heavy atom. The fraction of sp³-hybridized carbons (Fsp3) is 0.654. The normalized spacial score (nSPS) is 29.5. The van der Waals surface area contributed by atoms with E-state index in [4.69, 9.17) is 10.5 Å². The minimum Gasteiger partial charge on any atom is -0.366 e. The van der Waals surface area contributed by atoms with Gasteiger partial charge in [-0.3, -0.25) is 14.4 Å². The van der Waals surface area contributed by atoms with Gasteiger partial charge in [0.2, 0.25) is 11.8 Å². The predicted molar refractivity (Wildman–Crippen MR) is 124 cm³/mol. The Hall–Kier alpha value is -2.32. The molecule has 5 rings (SSSR count). The third-order valence-corrected chi connectivity index (χ3v) is 8.41. The van der Waals surface area contributed by atoms with Gasteiger partial charge < -0.3 is 20.3 Å². The summed E-state index contributed by atoms with van der Waals surface area (Å²) in [5, 5.41) is 0. The number of ether oxygens (including phenoxy) is 1. The summed E-state index contributed by atoms with van der Waals surface area (Å²) in [5.74, 6) is -1.32. The number of hydrogen-bond donors (Lipinski definition) is 1. The van der Waals surface area contributed by atoms with Gasteiger partial charge in [-0.15, -0.1) is 0 Å². The first-order chi connectivity index (χ1) is 16.3. The van der Waals surface area contributed by atoms with Gasteiger partial charge in [0.1, 0.15) is 24.9 Å².